The molecule has 2 aromatic rings. The Hall–Kier alpha value is -1.82. The number of hydrogen-bond acceptors (Lipinski definition) is 4. The molecule has 2 N–H and O–H groups in total. The Balaban J connectivity index is 1.50. The monoisotopic (exact) mass is 329 g/mol. The molecule has 1 aliphatic rings. The quantitative estimate of drug-likeness (QED) is 0.819. The molecule has 2 heterocycles. The summed E-state index contributed by atoms with van der Waals surface area (Å²) in [5.41, 5.74) is 2.40. The second-order valence-electron chi connectivity index (χ2n) is 6.33. The molecule has 24 heavy (non-hydrogen) atoms. The molecule has 1 aromatic carbocycles. The third-order valence-electron chi connectivity index (χ3n) is 4.43. The largest absolute Gasteiger partial charge is 0.390 e. The van der Waals surface area contributed by atoms with E-state index in [1.54, 1.807) is 24.5 Å². The maximum atomic E-state index is 14.3. The highest BCUT2D eigenvalue weighted by Crippen LogP contribution is 2.21. The van der Waals surface area contributed by atoms with E-state index in [0.29, 0.717) is 25.2 Å². The average molecular weight is 329 g/mol. The zero-order valence-electron chi connectivity index (χ0n) is 13.8. The standard InChI is InChI=1S/C19H24FN3O/c20-19-11-16(15-5-7-21-8-6-15)3-4-17(19)12-22-13-18(24)14-23-9-1-2-10-23/h3-8,11,18,22,24H,1-2,9-10,12-14H2. The van der Waals surface area contributed by atoms with Gasteiger partial charge in [-0.2, -0.15) is 0 Å². The normalized spacial score (nSPS) is 16.4. The van der Waals surface area contributed by atoms with E-state index in [1.807, 2.05) is 18.2 Å². The van der Waals surface area contributed by atoms with Gasteiger partial charge in [0.05, 0.1) is 6.10 Å². The number of aliphatic hydroxyl groups is 1. The van der Waals surface area contributed by atoms with Gasteiger partial charge in [0.1, 0.15) is 5.82 Å². The minimum atomic E-state index is -0.415. The van der Waals surface area contributed by atoms with Crippen LogP contribution < -0.4 is 5.32 Å². The van der Waals surface area contributed by atoms with Gasteiger partial charge in [-0.15, -0.1) is 0 Å². The van der Waals surface area contributed by atoms with E-state index < -0.39 is 6.10 Å². The SMILES string of the molecule is OC(CNCc1ccc(-c2ccncc2)cc1F)CN1CCCC1. The van der Waals surface area contributed by atoms with Gasteiger partial charge in [0.2, 0.25) is 0 Å². The first kappa shape index (κ1) is 17.0. The lowest BCUT2D eigenvalue weighted by molar-refractivity contribution is 0.123. The molecule has 0 aliphatic carbocycles. The van der Waals surface area contributed by atoms with Crippen LogP contribution in [0.15, 0.2) is 42.7 Å². The van der Waals surface area contributed by atoms with Gasteiger partial charge in [0.25, 0.3) is 0 Å². The lowest BCUT2D eigenvalue weighted by Crippen LogP contribution is -2.36. The highest BCUT2D eigenvalue weighted by molar-refractivity contribution is 5.63. The molecule has 0 bridgehead atoms. The van der Waals surface area contributed by atoms with E-state index in [0.717, 1.165) is 24.2 Å². The molecule has 0 amide bonds. The van der Waals surface area contributed by atoms with Gasteiger partial charge in [-0.25, -0.2) is 4.39 Å². The Labute approximate surface area is 142 Å². The fourth-order valence-corrected chi connectivity index (χ4v) is 3.12. The number of halogens is 1. The van der Waals surface area contributed by atoms with Gasteiger partial charge in [0, 0.05) is 37.6 Å². The molecular weight excluding hydrogens is 305 g/mol. The predicted octanol–water partition coefficient (Wildman–Crippen LogP) is 2.43. The molecule has 1 aliphatic heterocycles. The molecule has 5 heteroatoms. The summed E-state index contributed by atoms with van der Waals surface area (Å²) in [7, 11) is 0. The first-order valence-corrected chi connectivity index (χ1v) is 8.52. The van der Waals surface area contributed by atoms with Crippen molar-refractivity contribution in [1.29, 1.82) is 0 Å². The molecular formula is C19H24FN3O. The number of rotatable bonds is 7. The number of β-amino-alcohol motifs (C(OH)–C–C–N with tert-alkyl or cyclic N) is 1. The Kier molecular flexibility index (Phi) is 5.91. The van der Waals surface area contributed by atoms with Gasteiger partial charge in [-0.3, -0.25) is 4.98 Å². The van der Waals surface area contributed by atoms with E-state index in [-0.39, 0.29) is 5.82 Å². The average Bonchev–Trinajstić information content (AvgIpc) is 3.10. The van der Waals surface area contributed by atoms with Gasteiger partial charge in [-0.1, -0.05) is 12.1 Å². The number of pyridine rings is 1. The van der Waals surface area contributed by atoms with Crippen LogP contribution in [-0.2, 0) is 6.54 Å². The fraction of sp³-hybridized carbons (Fsp3) is 0.421. The molecule has 1 saturated heterocycles. The highest BCUT2D eigenvalue weighted by Gasteiger charge is 2.15. The third-order valence-corrected chi connectivity index (χ3v) is 4.43. The van der Waals surface area contributed by atoms with E-state index in [1.165, 1.54) is 12.8 Å². The second kappa shape index (κ2) is 8.33. The lowest BCUT2D eigenvalue weighted by atomic mass is 10.0. The van der Waals surface area contributed by atoms with Crippen molar-refractivity contribution in [2.45, 2.75) is 25.5 Å². The molecule has 1 atom stereocenters. The number of aliphatic hydroxyl groups excluding tert-OH is 1. The third kappa shape index (κ3) is 4.60. The topological polar surface area (TPSA) is 48.4 Å². The maximum Gasteiger partial charge on any atom is 0.128 e. The zero-order valence-corrected chi connectivity index (χ0v) is 13.8. The summed E-state index contributed by atoms with van der Waals surface area (Å²) in [5, 5.41) is 13.2. The second-order valence-corrected chi connectivity index (χ2v) is 6.33. The van der Waals surface area contributed by atoms with Gasteiger partial charge in [-0.05, 0) is 55.3 Å². The van der Waals surface area contributed by atoms with E-state index in [9.17, 15) is 9.50 Å². The summed E-state index contributed by atoms with van der Waals surface area (Å²) < 4.78 is 14.3. The van der Waals surface area contributed by atoms with Crippen LogP contribution in [0.2, 0.25) is 0 Å². The number of nitrogens with zero attached hydrogens (tertiary/aromatic N) is 2. The van der Waals surface area contributed by atoms with Gasteiger partial charge in [0.15, 0.2) is 0 Å². The number of likely N-dealkylation sites (tertiary alicyclic amines) is 1. The van der Waals surface area contributed by atoms with Crippen LogP contribution in [0.5, 0.6) is 0 Å². The van der Waals surface area contributed by atoms with Crippen molar-refractivity contribution in [1.82, 2.24) is 15.2 Å². The maximum absolute atomic E-state index is 14.3. The van der Waals surface area contributed by atoms with E-state index in [2.05, 4.69) is 15.2 Å². The summed E-state index contributed by atoms with van der Waals surface area (Å²) in [6.45, 7) is 3.72. The number of hydrogen-bond donors (Lipinski definition) is 2. The first-order valence-electron chi connectivity index (χ1n) is 8.52. The molecule has 128 valence electrons. The summed E-state index contributed by atoms with van der Waals surface area (Å²) >= 11 is 0. The fourth-order valence-electron chi connectivity index (χ4n) is 3.12. The Morgan fingerprint density at radius 1 is 1.12 bits per heavy atom. The molecule has 3 rings (SSSR count). The van der Waals surface area contributed by atoms with Crippen LogP contribution in [-0.4, -0.2) is 47.3 Å². The molecule has 0 spiro atoms. The predicted molar refractivity (Wildman–Crippen MR) is 93.0 cm³/mol. The van der Waals surface area contributed by atoms with Crippen LogP contribution in [0.1, 0.15) is 18.4 Å². The molecule has 1 fully saturated rings. The highest BCUT2D eigenvalue weighted by atomic mass is 19.1. The molecule has 4 nitrogen and oxygen atoms in total. The van der Waals surface area contributed by atoms with E-state index in [4.69, 9.17) is 0 Å². The molecule has 0 radical (unpaired) electrons. The van der Waals surface area contributed by atoms with Crippen molar-refractivity contribution in [3.8, 4) is 11.1 Å². The summed E-state index contributed by atoms with van der Waals surface area (Å²) in [5.74, 6) is -0.231. The number of benzene rings is 1. The van der Waals surface area contributed by atoms with Crippen LogP contribution >= 0.6 is 0 Å². The van der Waals surface area contributed by atoms with Crippen molar-refractivity contribution >= 4 is 0 Å². The summed E-state index contributed by atoms with van der Waals surface area (Å²) in [6, 6.07) is 8.98. The van der Waals surface area contributed by atoms with Crippen molar-refractivity contribution in [3.05, 3.63) is 54.1 Å². The number of aromatic nitrogens is 1. The van der Waals surface area contributed by atoms with Crippen molar-refractivity contribution in [3.63, 3.8) is 0 Å². The zero-order chi connectivity index (χ0) is 16.8. The number of nitrogens with one attached hydrogen (secondary N) is 1. The summed E-state index contributed by atoms with van der Waals surface area (Å²) in [4.78, 5) is 6.25. The van der Waals surface area contributed by atoms with Crippen molar-refractivity contribution in [2.24, 2.45) is 0 Å². The van der Waals surface area contributed by atoms with Crippen LogP contribution in [0.4, 0.5) is 4.39 Å². The lowest BCUT2D eigenvalue weighted by Gasteiger charge is -2.19. The Morgan fingerprint density at radius 3 is 2.58 bits per heavy atom. The first-order chi connectivity index (χ1) is 11.7. The minimum Gasteiger partial charge on any atom is -0.390 e. The molecule has 1 aromatic heterocycles. The molecule has 1 unspecified atom stereocenters. The smallest absolute Gasteiger partial charge is 0.128 e. The van der Waals surface area contributed by atoms with Gasteiger partial charge >= 0.3 is 0 Å². The Bertz CT molecular complexity index is 644. The molecule has 0 saturated carbocycles. The minimum absolute atomic E-state index is 0.231. The van der Waals surface area contributed by atoms with E-state index >= 15 is 0 Å². The van der Waals surface area contributed by atoms with Gasteiger partial charge < -0.3 is 15.3 Å². The van der Waals surface area contributed by atoms with Crippen molar-refractivity contribution in [2.75, 3.05) is 26.2 Å². The summed E-state index contributed by atoms with van der Waals surface area (Å²) in [6.07, 6.45) is 5.42. The van der Waals surface area contributed by atoms with Crippen molar-refractivity contribution < 1.29 is 9.50 Å². The van der Waals surface area contributed by atoms with Crippen LogP contribution in [0.3, 0.4) is 0 Å². The van der Waals surface area contributed by atoms with Crippen LogP contribution in [0.25, 0.3) is 11.1 Å². The Morgan fingerprint density at radius 2 is 1.88 bits per heavy atom. The van der Waals surface area contributed by atoms with Crippen LogP contribution in [0, 0.1) is 5.82 Å².